The van der Waals surface area contributed by atoms with Crippen LogP contribution in [0.15, 0.2) is 0 Å². The summed E-state index contributed by atoms with van der Waals surface area (Å²) in [5.41, 5.74) is -0.0346. The molecule has 0 bridgehead atoms. The summed E-state index contributed by atoms with van der Waals surface area (Å²) >= 11 is 2.47. The van der Waals surface area contributed by atoms with Gasteiger partial charge in [0, 0.05) is 15.8 Å². The van der Waals surface area contributed by atoms with Crippen LogP contribution in [0.3, 0.4) is 0 Å². The Bertz CT molecular complexity index is 717. The molecule has 6 nitrogen and oxygen atoms in total. The Morgan fingerprint density at radius 2 is 1.66 bits per heavy atom. The Morgan fingerprint density at radius 1 is 0.938 bits per heavy atom. The fraction of sp³-hybridized carbons (Fsp3) is 0.880. The zero-order valence-corrected chi connectivity index (χ0v) is 21.6. The van der Waals surface area contributed by atoms with Gasteiger partial charge in [-0.15, -0.1) is 0 Å². The van der Waals surface area contributed by atoms with E-state index in [1.165, 1.54) is 0 Å². The number of alkyl halides is 1. The molecule has 4 rings (SSSR count). The third kappa shape index (κ3) is 3.68. The first-order valence-corrected chi connectivity index (χ1v) is 13.7. The highest BCUT2D eigenvalue weighted by Crippen LogP contribution is 2.69. The van der Waals surface area contributed by atoms with E-state index < -0.39 is 0 Å². The van der Waals surface area contributed by atoms with Crippen molar-refractivity contribution in [3.05, 3.63) is 0 Å². The Hall–Kier alpha value is -0.860. The lowest BCUT2D eigenvalue weighted by Crippen LogP contribution is -2.63. The molecule has 0 unspecified atom stereocenters. The summed E-state index contributed by atoms with van der Waals surface area (Å²) in [6.07, 6.45) is 6.25. The predicted octanol–water partition coefficient (Wildman–Crippen LogP) is 4.56. The lowest BCUT2D eigenvalue weighted by Gasteiger charge is -2.64. The summed E-state index contributed by atoms with van der Waals surface area (Å²) in [4.78, 5) is 34.1. The third-order valence-electron chi connectivity index (χ3n) is 10.4. The molecule has 0 aliphatic heterocycles. The lowest BCUT2D eigenvalue weighted by atomic mass is 9.43. The number of fused-ring (bicyclic) bond motifs is 5. The molecule has 0 aromatic carbocycles. The third-order valence-corrected chi connectivity index (χ3v) is 11.8. The normalized spacial score (nSPS) is 48.4. The number of carbonyl (C=O) groups is 3. The molecule has 4 aliphatic rings. The lowest BCUT2D eigenvalue weighted by molar-refractivity contribution is -0.217. The molecule has 0 saturated heterocycles. The van der Waals surface area contributed by atoms with E-state index in [0.29, 0.717) is 49.0 Å². The van der Waals surface area contributed by atoms with Crippen molar-refractivity contribution in [1.29, 1.82) is 0 Å². The van der Waals surface area contributed by atoms with Crippen molar-refractivity contribution in [3.8, 4) is 0 Å². The van der Waals surface area contributed by atoms with Gasteiger partial charge in [0.2, 0.25) is 0 Å². The Labute approximate surface area is 205 Å². The van der Waals surface area contributed by atoms with E-state index in [-0.39, 0.29) is 35.1 Å². The van der Waals surface area contributed by atoms with Gasteiger partial charge < -0.3 is 14.2 Å². The van der Waals surface area contributed by atoms with Gasteiger partial charge in [-0.1, -0.05) is 43.4 Å². The summed E-state index contributed by atoms with van der Waals surface area (Å²) in [6, 6.07) is 0. The highest BCUT2D eigenvalue weighted by atomic mass is 127. The van der Waals surface area contributed by atoms with Gasteiger partial charge in [0.05, 0.1) is 0 Å². The fourth-order valence-corrected chi connectivity index (χ4v) is 9.47. The molecule has 0 heterocycles. The second kappa shape index (κ2) is 9.41. The van der Waals surface area contributed by atoms with Crippen LogP contribution in [0.1, 0.15) is 65.7 Å². The molecule has 4 fully saturated rings. The first-order chi connectivity index (χ1) is 15.3. The van der Waals surface area contributed by atoms with Gasteiger partial charge in [-0.3, -0.25) is 14.4 Å². The number of carbonyl (C=O) groups excluding carboxylic acids is 3. The van der Waals surface area contributed by atoms with Crippen LogP contribution in [0.4, 0.5) is 0 Å². The number of hydrogen-bond acceptors (Lipinski definition) is 6. The van der Waals surface area contributed by atoms with Crippen LogP contribution in [0.5, 0.6) is 0 Å². The topological polar surface area (TPSA) is 78.9 Å². The van der Waals surface area contributed by atoms with E-state index >= 15 is 0 Å². The summed E-state index contributed by atoms with van der Waals surface area (Å²) in [5, 5.41) is 0. The minimum absolute atomic E-state index is 0.0600. The molecule has 0 amide bonds. The van der Waals surface area contributed by atoms with Crippen molar-refractivity contribution in [2.24, 2.45) is 46.3 Å². The van der Waals surface area contributed by atoms with Crippen molar-refractivity contribution in [1.82, 2.24) is 0 Å². The average Bonchev–Trinajstić information content (AvgIpc) is 3.13. The van der Waals surface area contributed by atoms with Gasteiger partial charge in [0.25, 0.3) is 19.4 Å². The molecule has 0 spiro atoms. The predicted molar refractivity (Wildman–Crippen MR) is 127 cm³/mol. The Morgan fingerprint density at radius 3 is 2.31 bits per heavy atom. The van der Waals surface area contributed by atoms with Gasteiger partial charge >= 0.3 is 0 Å². The molecule has 0 aromatic rings. The van der Waals surface area contributed by atoms with Crippen molar-refractivity contribution in [2.75, 3.05) is 4.43 Å². The van der Waals surface area contributed by atoms with Gasteiger partial charge in [0.1, 0.15) is 18.3 Å². The van der Waals surface area contributed by atoms with E-state index in [1.54, 1.807) is 0 Å². The molecule has 7 heteroatoms. The van der Waals surface area contributed by atoms with Gasteiger partial charge in [-0.2, -0.15) is 0 Å². The molecule has 11 atom stereocenters. The molecular formula is C25H37IO6. The number of halogens is 1. The largest absolute Gasteiger partial charge is 0.465 e. The number of ether oxygens (including phenoxy) is 3. The van der Waals surface area contributed by atoms with E-state index in [0.717, 1.165) is 49.4 Å². The van der Waals surface area contributed by atoms with Gasteiger partial charge in [0.15, 0.2) is 0 Å². The van der Waals surface area contributed by atoms with Crippen LogP contribution < -0.4 is 0 Å². The molecule has 0 aromatic heterocycles. The SMILES string of the molecule is C[C@H](CI)[C@H]1CC[C@H]2[C@@H]3[C@H](OC=O)C[C@@H]4C[C@H](OC=O)CC[C@]4(C)[C@H]3C[C@H](OC=O)[C@]12C. The van der Waals surface area contributed by atoms with Crippen LogP contribution in [0.25, 0.3) is 0 Å². The summed E-state index contributed by atoms with van der Waals surface area (Å²) in [6.45, 7) is 8.87. The molecule has 32 heavy (non-hydrogen) atoms. The first kappa shape index (κ1) is 24.3. The molecular weight excluding hydrogens is 523 g/mol. The van der Waals surface area contributed by atoms with Gasteiger partial charge in [-0.05, 0) is 80.0 Å². The smallest absolute Gasteiger partial charge is 0.293 e. The fourth-order valence-electron chi connectivity index (χ4n) is 8.86. The summed E-state index contributed by atoms with van der Waals surface area (Å²) in [5.74, 6) is 2.34. The molecule has 0 N–H and O–H groups in total. The average molecular weight is 560 g/mol. The van der Waals surface area contributed by atoms with Crippen LogP contribution in [-0.2, 0) is 28.6 Å². The molecule has 180 valence electrons. The van der Waals surface area contributed by atoms with Crippen LogP contribution in [-0.4, -0.2) is 42.2 Å². The van der Waals surface area contributed by atoms with Crippen molar-refractivity contribution >= 4 is 42.0 Å². The zero-order chi connectivity index (χ0) is 23.1. The molecule has 4 saturated carbocycles. The zero-order valence-electron chi connectivity index (χ0n) is 19.4. The first-order valence-electron chi connectivity index (χ1n) is 12.2. The van der Waals surface area contributed by atoms with Crippen LogP contribution in [0.2, 0.25) is 0 Å². The minimum atomic E-state index is -0.124. The van der Waals surface area contributed by atoms with Crippen molar-refractivity contribution in [2.45, 2.75) is 84.0 Å². The quantitative estimate of drug-likeness (QED) is 0.188. The molecule has 0 radical (unpaired) electrons. The van der Waals surface area contributed by atoms with Crippen molar-refractivity contribution in [3.63, 3.8) is 0 Å². The second-order valence-corrected chi connectivity index (χ2v) is 12.1. The maximum atomic E-state index is 11.6. The van der Waals surface area contributed by atoms with Crippen molar-refractivity contribution < 1.29 is 28.6 Å². The van der Waals surface area contributed by atoms with E-state index in [9.17, 15) is 14.4 Å². The monoisotopic (exact) mass is 560 g/mol. The van der Waals surface area contributed by atoms with E-state index in [1.807, 2.05) is 0 Å². The number of rotatable bonds is 8. The Balaban J connectivity index is 1.72. The van der Waals surface area contributed by atoms with E-state index in [2.05, 4.69) is 43.4 Å². The maximum Gasteiger partial charge on any atom is 0.293 e. The second-order valence-electron chi connectivity index (χ2n) is 11.3. The maximum absolute atomic E-state index is 11.6. The minimum Gasteiger partial charge on any atom is -0.465 e. The van der Waals surface area contributed by atoms with E-state index in [4.69, 9.17) is 14.2 Å². The highest BCUT2D eigenvalue weighted by Gasteiger charge is 2.67. The molecule has 4 aliphatic carbocycles. The standard InChI is InChI=1S/C25H37IO6/c1-15(11-26)18-4-5-19-23-20(10-22(32-14-29)25(18,19)3)24(2)7-6-17(30-12-27)8-16(24)9-21(23)31-13-28/h12-23H,4-11H2,1-3H3/t15-,16+,17-,18-,19+,20+,21-,22+,23+,24+,25-/m1/s1. The summed E-state index contributed by atoms with van der Waals surface area (Å²) < 4.78 is 18.1. The van der Waals surface area contributed by atoms with Gasteiger partial charge in [-0.25, -0.2) is 0 Å². The van der Waals surface area contributed by atoms with Crippen LogP contribution in [0, 0.1) is 46.3 Å². The highest BCUT2D eigenvalue weighted by molar-refractivity contribution is 14.1. The number of hydrogen-bond donors (Lipinski definition) is 0. The Kier molecular flexibility index (Phi) is 7.14. The summed E-state index contributed by atoms with van der Waals surface area (Å²) in [7, 11) is 0. The van der Waals surface area contributed by atoms with Crippen LogP contribution >= 0.6 is 22.6 Å².